The summed E-state index contributed by atoms with van der Waals surface area (Å²) in [4.78, 5) is 26.9. The van der Waals surface area contributed by atoms with E-state index < -0.39 is 0 Å². The van der Waals surface area contributed by atoms with Gasteiger partial charge in [0.15, 0.2) is 0 Å². The van der Waals surface area contributed by atoms with Gasteiger partial charge in [-0.2, -0.15) is 0 Å². The number of carbonyl (C=O) groups is 2. The van der Waals surface area contributed by atoms with E-state index in [-0.39, 0.29) is 23.1 Å². The number of aryl methyl sites for hydroxylation is 1. The predicted octanol–water partition coefficient (Wildman–Crippen LogP) is 5.57. The summed E-state index contributed by atoms with van der Waals surface area (Å²) >= 11 is 7.53. The lowest BCUT2D eigenvalue weighted by atomic mass is 9.87. The Labute approximate surface area is 196 Å². The summed E-state index contributed by atoms with van der Waals surface area (Å²) in [6, 6.07) is 13.2. The highest BCUT2D eigenvalue weighted by Crippen LogP contribution is 2.35. The van der Waals surface area contributed by atoms with E-state index in [9.17, 15) is 9.59 Å². The Morgan fingerprint density at radius 1 is 1.16 bits per heavy atom. The number of hydrogen-bond acceptors (Lipinski definition) is 5. The fourth-order valence-electron chi connectivity index (χ4n) is 3.61. The molecule has 2 aromatic carbocycles. The first-order valence-electron chi connectivity index (χ1n) is 10.4. The zero-order chi connectivity index (χ0) is 23.0. The Kier molecular flexibility index (Phi) is 6.05. The van der Waals surface area contributed by atoms with Crippen LogP contribution in [0.15, 0.2) is 42.5 Å². The SMILES string of the molecule is Cc1ccc(N2CC(c3nnc(NC(=O)c4ccc(C(C)(C)C)cc4)s3)CC2=O)cc1Cl. The van der Waals surface area contributed by atoms with Crippen LogP contribution in [0, 0.1) is 6.92 Å². The highest BCUT2D eigenvalue weighted by Gasteiger charge is 2.34. The van der Waals surface area contributed by atoms with E-state index in [1.54, 1.807) is 4.90 Å². The third-order valence-electron chi connectivity index (χ3n) is 5.62. The second kappa shape index (κ2) is 8.64. The van der Waals surface area contributed by atoms with Gasteiger partial charge < -0.3 is 4.90 Å². The molecule has 1 aliphatic rings. The molecule has 6 nitrogen and oxygen atoms in total. The van der Waals surface area contributed by atoms with Crippen LogP contribution in [0.2, 0.25) is 5.02 Å². The van der Waals surface area contributed by atoms with Crippen molar-refractivity contribution in [2.75, 3.05) is 16.8 Å². The molecule has 166 valence electrons. The predicted molar refractivity (Wildman–Crippen MR) is 129 cm³/mol. The second-order valence-corrected chi connectivity index (χ2v) is 10.5. The minimum Gasteiger partial charge on any atom is -0.312 e. The lowest BCUT2D eigenvalue weighted by Crippen LogP contribution is -2.24. The number of anilines is 2. The van der Waals surface area contributed by atoms with Gasteiger partial charge in [-0.25, -0.2) is 0 Å². The fourth-order valence-corrected chi connectivity index (χ4v) is 4.62. The molecule has 8 heteroatoms. The van der Waals surface area contributed by atoms with E-state index in [0.717, 1.165) is 21.8 Å². The lowest BCUT2D eigenvalue weighted by Gasteiger charge is -2.18. The average molecular weight is 469 g/mol. The van der Waals surface area contributed by atoms with Crippen LogP contribution in [0.4, 0.5) is 10.8 Å². The van der Waals surface area contributed by atoms with Gasteiger partial charge in [-0.05, 0) is 47.7 Å². The number of rotatable bonds is 4. The zero-order valence-electron chi connectivity index (χ0n) is 18.5. The highest BCUT2D eigenvalue weighted by molar-refractivity contribution is 7.15. The summed E-state index contributed by atoms with van der Waals surface area (Å²) in [6.45, 7) is 8.83. The number of carbonyl (C=O) groups excluding carboxylic acids is 2. The van der Waals surface area contributed by atoms with Gasteiger partial charge in [0.25, 0.3) is 5.91 Å². The molecule has 2 amide bonds. The maximum Gasteiger partial charge on any atom is 0.257 e. The van der Waals surface area contributed by atoms with Crippen molar-refractivity contribution < 1.29 is 9.59 Å². The summed E-state index contributed by atoms with van der Waals surface area (Å²) in [5, 5.41) is 13.0. The molecule has 1 aromatic heterocycles. The summed E-state index contributed by atoms with van der Waals surface area (Å²) in [5.41, 5.74) is 3.51. The van der Waals surface area contributed by atoms with Gasteiger partial charge in [-0.3, -0.25) is 14.9 Å². The number of halogens is 1. The van der Waals surface area contributed by atoms with Crippen molar-refractivity contribution in [3.8, 4) is 0 Å². The van der Waals surface area contributed by atoms with Crippen LogP contribution < -0.4 is 10.2 Å². The molecule has 1 aliphatic heterocycles. The minimum atomic E-state index is -0.230. The molecule has 0 radical (unpaired) electrons. The zero-order valence-corrected chi connectivity index (χ0v) is 20.0. The molecular weight excluding hydrogens is 444 g/mol. The standard InChI is InChI=1S/C24H25ClN4O2S/c1-14-5-10-18(12-19(14)25)29-13-16(11-20(29)30)22-27-28-23(32-22)26-21(31)15-6-8-17(9-7-15)24(2,3)4/h5-10,12,16H,11,13H2,1-4H3,(H,26,28,31). The molecule has 1 N–H and O–H groups in total. The fraction of sp³-hybridized carbons (Fsp3) is 0.333. The van der Waals surface area contributed by atoms with Gasteiger partial charge in [-0.1, -0.05) is 61.9 Å². The molecule has 3 aromatic rings. The normalized spacial score (nSPS) is 16.5. The molecule has 0 saturated carbocycles. The minimum absolute atomic E-state index is 0.0228. The van der Waals surface area contributed by atoms with Crippen LogP contribution in [0.3, 0.4) is 0 Å². The number of nitrogens with zero attached hydrogens (tertiary/aromatic N) is 3. The third-order valence-corrected chi connectivity index (χ3v) is 7.02. The molecule has 32 heavy (non-hydrogen) atoms. The van der Waals surface area contributed by atoms with E-state index in [1.165, 1.54) is 11.3 Å². The van der Waals surface area contributed by atoms with Crippen molar-refractivity contribution in [3.63, 3.8) is 0 Å². The van der Waals surface area contributed by atoms with Crippen LogP contribution >= 0.6 is 22.9 Å². The number of aromatic nitrogens is 2. The topological polar surface area (TPSA) is 75.2 Å². The second-order valence-electron chi connectivity index (χ2n) is 9.07. The molecule has 0 spiro atoms. The summed E-state index contributed by atoms with van der Waals surface area (Å²) in [6.07, 6.45) is 0.350. The van der Waals surface area contributed by atoms with Crippen molar-refractivity contribution in [1.82, 2.24) is 10.2 Å². The molecule has 2 heterocycles. The Morgan fingerprint density at radius 2 is 1.88 bits per heavy atom. The number of nitrogens with one attached hydrogen (secondary N) is 1. The quantitative estimate of drug-likeness (QED) is 0.543. The molecule has 1 saturated heterocycles. The van der Waals surface area contributed by atoms with Crippen LogP contribution in [0.25, 0.3) is 0 Å². The van der Waals surface area contributed by atoms with Gasteiger partial charge in [0.05, 0.1) is 0 Å². The first-order chi connectivity index (χ1) is 15.1. The van der Waals surface area contributed by atoms with E-state index in [1.807, 2.05) is 49.4 Å². The van der Waals surface area contributed by atoms with Crippen LogP contribution in [-0.4, -0.2) is 28.6 Å². The summed E-state index contributed by atoms with van der Waals surface area (Å²) in [7, 11) is 0. The van der Waals surface area contributed by atoms with Gasteiger partial charge >= 0.3 is 0 Å². The lowest BCUT2D eigenvalue weighted by molar-refractivity contribution is -0.117. The number of amides is 2. The first-order valence-corrected chi connectivity index (χ1v) is 11.6. The molecule has 1 fully saturated rings. The van der Waals surface area contributed by atoms with Gasteiger partial charge in [-0.15, -0.1) is 10.2 Å². The van der Waals surface area contributed by atoms with Gasteiger partial charge in [0, 0.05) is 35.2 Å². The van der Waals surface area contributed by atoms with Gasteiger partial charge in [0.1, 0.15) is 5.01 Å². The van der Waals surface area contributed by atoms with Crippen molar-refractivity contribution in [3.05, 3.63) is 69.2 Å². The van der Waals surface area contributed by atoms with Crippen molar-refractivity contribution in [2.45, 2.75) is 45.4 Å². The van der Waals surface area contributed by atoms with Crippen LogP contribution in [0.1, 0.15) is 59.6 Å². The largest absolute Gasteiger partial charge is 0.312 e. The molecule has 1 atom stereocenters. The van der Waals surface area contributed by atoms with E-state index in [2.05, 4.69) is 36.3 Å². The molecule has 1 unspecified atom stereocenters. The highest BCUT2D eigenvalue weighted by atomic mass is 35.5. The Balaban J connectivity index is 1.43. The Morgan fingerprint density at radius 3 is 2.53 bits per heavy atom. The van der Waals surface area contributed by atoms with E-state index >= 15 is 0 Å². The van der Waals surface area contributed by atoms with Crippen LogP contribution in [-0.2, 0) is 10.2 Å². The van der Waals surface area contributed by atoms with Gasteiger partial charge in [0.2, 0.25) is 11.0 Å². The van der Waals surface area contributed by atoms with Crippen molar-refractivity contribution in [1.29, 1.82) is 0 Å². The average Bonchev–Trinajstić information content (AvgIpc) is 3.36. The number of benzene rings is 2. The first kappa shape index (κ1) is 22.4. The number of hydrogen-bond donors (Lipinski definition) is 1. The van der Waals surface area contributed by atoms with Crippen LogP contribution in [0.5, 0.6) is 0 Å². The monoisotopic (exact) mass is 468 g/mol. The molecule has 4 rings (SSSR count). The summed E-state index contributed by atoms with van der Waals surface area (Å²) < 4.78 is 0. The smallest absolute Gasteiger partial charge is 0.257 e. The van der Waals surface area contributed by atoms with E-state index in [0.29, 0.717) is 28.7 Å². The Bertz CT molecular complexity index is 1170. The Hall–Kier alpha value is -2.77. The third kappa shape index (κ3) is 4.69. The maximum absolute atomic E-state index is 12.6. The van der Waals surface area contributed by atoms with Crippen molar-refractivity contribution in [2.24, 2.45) is 0 Å². The molecule has 0 bridgehead atoms. The van der Waals surface area contributed by atoms with Crippen molar-refractivity contribution >= 4 is 45.6 Å². The van der Waals surface area contributed by atoms with E-state index in [4.69, 9.17) is 11.6 Å². The molecule has 0 aliphatic carbocycles. The maximum atomic E-state index is 12.6. The molecular formula is C24H25ClN4O2S. The summed E-state index contributed by atoms with van der Waals surface area (Å²) in [5.74, 6) is -0.280.